The third-order valence-corrected chi connectivity index (χ3v) is 3.39. The molecular formula is C13H18BrNO3. The monoisotopic (exact) mass is 315 g/mol. The van der Waals surface area contributed by atoms with Crippen molar-refractivity contribution in [3.8, 4) is 0 Å². The molecule has 0 amide bonds. The number of nitrogens with zero attached hydrogens (tertiary/aromatic N) is 1. The molecule has 1 aromatic carbocycles. The van der Waals surface area contributed by atoms with Gasteiger partial charge in [-0.1, -0.05) is 34.1 Å². The average molecular weight is 316 g/mol. The van der Waals surface area contributed by atoms with Gasteiger partial charge in [0.15, 0.2) is 0 Å². The fourth-order valence-electron chi connectivity index (χ4n) is 1.72. The van der Waals surface area contributed by atoms with E-state index in [2.05, 4.69) is 15.9 Å². The van der Waals surface area contributed by atoms with Gasteiger partial charge in [0.2, 0.25) is 0 Å². The van der Waals surface area contributed by atoms with E-state index in [4.69, 9.17) is 5.11 Å². The fourth-order valence-corrected chi connectivity index (χ4v) is 2.13. The largest absolute Gasteiger partial charge is 0.481 e. The number of aliphatic carboxylic acids is 1. The van der Waals surface area contributed by atoms with E-state index in [1.807, 2.05) is 36.2 Å². The summed E-state index contributed by atoms with van der Waals surface area (Å²) in [4.78, 5) is 12.4. The topological polar surface area (TPSA) is 60.8 Å². The Morgan fingerprint density at radius 1 is 1.44 bits per heavy atom. The van der Waals surface area contributed by atoms with Crippen molar-refractivity contribution in [3.05, 3.63) is 34.3 Å². The quantitative estimate of drug-likeness (QED) is 0.809. The van der Waals surface area contributed by atoms with Gasteiger partial charge in [-0.15, -0.1) is 0 Å². The number of aliphatic hydroxyl groups is 1. The van der Waals surface area contributed by atoms with E-state index < -0.39 is 12.1 Å². The molecule has 5 heteroatoms. The molecule has 1 unspecified atom stereocenters. The van der Waals surface area contributed by atoms with Crippen molar-refractivity contribution in [2.24, 2.45) is 0 Å². The summed E-state index contributed by atoms with van der Waals surface area (Å²) in [6, 6.07) is 7.92. The van der Waals surface area contributed by atoms with Crippen molar-refractivity contribution in [3.63, 3.8) is 0 Å². The second-order valence-electron chi connectivity index (χ2n) is 4.37. The van der Waals surface area contributed by atoms with E-state index in [-0.39, 0.29) is 12.8 Å². The van der Waals surface area contributed by atoms with Crippen molar-refractivity contribution >= 4 is 21.9 Å². The molecule has 1 aromatic rings. The molecule has 1 atom stereocenters. The van der Waals surface area contributed by atoms with Crippen LogP contribution in [0, 0.1) is 0 Å². The molecule has 0 aromatic heterocycles. The number of carbonyl (C=O) groups is 1. The summed E-state index contributed by atoms with van der Waals surface area (Å²) in [6.45, 7) is 1.18. The fraction of sp³-hybridized carbons (Fsp3) is 0.462. The summed E-state index contributed by atoms with van der Waals surface area (Å²) >= 11 is 3.47. The lowest BCUT2D eigenvalue weighted by Crippen LogP contribution is -2.29. The second kappa shape index (κ2) is 7.51. The number of benzene rings is 1. The molecule has 2 N–H and O–H groups in total. The molecule has 4 nitrogen and oxygen atoms in total. The van der Waals surface area contributed by atoms with E-state index in [0.29, 0.717) is 13.1 Å². The zero-order valence-electron chi connectivity index (χ0n) is 10.3. The SMILES string of the molecule is CN(Cc1ccccc1Br)CC(O)CCC(=O)O. The highest BCUT2D eigenvalue weighted by molar-refractivity contribution is 9.10. The summed E-state index contributed by atoms with van der Waals surface area (Å²) in [6.07, 6.45) is -0.312. The first-order chi connectivity index (χ1) is 8.49. The maximum Gasteiger partial charge on any atom is 0.303 e. The number of carboxylic acid groups (broad SMARTS) is 1. The average Bonchev–Trinajstić information content (AvgIpc) is 2.29. The van der Waals surface area contributed by atoms with Crippen LogP contribution in [0.5, 0.6) is 0 Å². The molecular weight excluding hydrogens is 298 g/mol. The molecule has 0 fully saturated rings. The summed E-state index contributed by atoms with van der Waals surface area (Å²) in [5.41, 5.74) is 1.14. The predicted molar refractivity (Wildman–Crippen MR) is 73.4 cm³/mol. The summed E-state index contributed by atoms with van der Waals surface area (Å²) in [5.74, 6) is -0.873. The summed E-state index contributed by atoms with van der Waals surface area (Å²) in [5, 5.41) is 18.2. The van der Waals surface area contributed by atoms with E-state index in [1.165, 1.54) is 0 Å². The van der Waals surface area contributed by atoms with E-state index in [1.54, 1.807) is 0 Å². The van der Waals surface area contributed by atoms with Crippen molar-refractivity contribution < 1.29 is 15.0 Å². The Morgan fingerprint density at radius 3 is 2.72 bits per heavy atom. The summed E-state index contributed by atoms with van der Waals surface area (Å²) < 4.78 is 1.04. The van der Waals surface area contributed by atoms with Crippen LogP contribution in [0.4, 0.5) is 0 Å². The predicted octanol–water partition coefficient (Wildman–Crippen LogP) is 2.11. The Labute approximate surface area is 115 Å². The summed E-state index contributed by atoms with van der Waals surface area (Å²) in [7, 11) is 1.91. The highest BCUT2D eigenvalue weighted by atomic mass is 79.9. The molecule has 0 aliphatic carbocycles. The van der Waals surface area contributed by atoms with Crippen LogP contribution in [0.3, 0.4) is 0 Å². The number of hydrogen-bond donors (Lipinski definition) is 2. The lowest BCUT2D eigenvalue weighted by Gasteiger charge is -2.20. The van der Waals surface area contributed by atoms with Crippen LogP contribution in [-0.2, 0) is 11.3 Å². The van der Waals surface area contributed by atoms with Crippen LogP contribution in [0.1, 0.15) is 18.4 Å². The number of likely N-dealkylation sites (N-methyl/N-ethyl adjacent to an activating group) is 1. The Hall–Kier alpha value is -0.910. The maximum atomic E-state index is 10.4. The molecule has 0 radical (unpaired) electrons. The zero-order chi connectivity index (χ0) is 13.5. The van der Waals surface area contributed by atoms with Gasteiger partial charge in [0.05, 0.1) is 6.10 Å². The number of halogens is 1. The number of carboxylic acids is 1. The highest BCUT2D eigenvalue weighted by Gasteiger charge is 2.11. The first-order valence-corrected chi connectivity index (χ1v) is 6.60. The normalized spacial score (nSPS) is 12.7. The molecule has 0 bridgehead atoms. The Morgan fingerprint density at radius 2 is 2.11 bits per heavy atom. The molecule has 0 heterocycles. The van der Waals surface area contributed by atoms with Crippen molar-refractivity contribution in [2.45, 2.75) is 25.5 Å². The van der Waals surface area contributed by atoms with Gasteiger partial charge in [0, 0.05) is 24.0 Å². The standard InChI is InChI=1S/C13H18BrNO3/c1-15(9-11(16)6-7-13(17)18)8-10-4-2-3-5-12(10)14/h2-5,11,16H,6-9H2,1H3,(H,17,18). The third kappa shape index (κ3) is 5.62. The van der Waals surface area contributed by atoms with Crippen molar-refractivity contribution in [2.75, 3.05) is 13.6 Å². The van der Waals surface area contributed by atoms with Gasteiger partial charge in [0.25, 0.3) is 0 Å². The lowest BCUT2D eigenvalue weighted by molar-refractivity contribution is -0.137. The lowest BCUT2D eigenvalue weighted by atomic mass is 10.1. The Bertz CT molecular complexity index is 398. The van der Waals surface area contributed by atoms with E-state index in [0.717, 1.165) is 10.0 Å². The highest BCUT2D eigenvalue weighted by Crippen LogP contribution is 2.17. The maximum absolute atomic E-state index is 10.4. The van der Waals surface area contributed by atoms with Crippen LogP contribution in [0.25, 0.3) is 0 Å². The molecule has 0 aliphatic rings. The van der Waals surface area contributed by atoms with Gasteiger partial charge >= 0.3 is 5.97 Å². The van der Waals surface area contributed by atoms with Gasteiger partial charge in [0.1, 0.15) is 0 Å². The Kier molecular flexibility index (Phi) is 6.32. The Balaban J connectivity index is 2.39. The van der Waals surface area contributed by atoms with Crippen LogP contribution < -0.4 is 0 Å². The van der Waals surface area contributed by atoms with Gasteiger partial charge in [-0.05, 0) is 25.1 Å². The molecule has 0 spiro atoms. The van der Waals surface area contributed by atoms with Crippen molar-refractivity contribution in [1.82, 2.24) is 4.90 Å². The van der Waals surface area contributed by atoms with E-state index in [9.17, 15) is 9.90 Å². The third-order valence-electron chi connectivity index (χ3n) is 2.61. The van der Waals surface area contributed by atoms with Gasteiger partial charge in [-0.2, -0.15) is 0 Å². The first kappa shape index (κ1) is 15.1. The number of rotatable bonds is 7. The minimum Gasteiger partial charge on any atom is -0.481 e. The van der Waals surface area contributed by atoms with Gasteiger partial charge < -0.3 is 10.2 Å². The van der Waals surface area contributed by atoms with Gasteiger partial charge in [-0.3, -0.25) is 9.69 Å². The van der Waals surface area contributed by atoms with Gasteiger partial charge in [-0.25, -0.2) is 0 Å². The molecule has 0 aliphatic heterocycles. The van der Waals surface area contributed by atoms with Crippen LogP contribution in [0.2, 0.25) is 0 Å². The smallest absolute Gasteiger partial charge is 0.303 e. The van der Waals surface area contributed by atoms with Crippen LogP contribution >= 0.6 is 15.9 Å². The molecule has 1 rings (SSSR count). The van der Waals surface area contributed by atoms with Crippen LogP contribution in [0.15, 0.2) is 28.7 Å². The van der Waals surface area contributed by atoms with E-state index >= 15 is 0 Å². The molecule has 0 saturated carbocycles. The van der Waals surface area contributed by atoms with Crippen LogP contribution in [-0.4, -0.2) is 40.8 Å². The molecule has 0 saturated heterocycles. The second-order valence-corrected chi connectivity index (χ2v) is 5.23. The zero-order valence-corrected chi connectivity index (χ0v) is 11.9. The first-order valence-electron chi connectivity index (χ1n) is 5.81. The molecule has 100 valence electrons. The number of aliphatic hydroxyl groups excluding tert-OH is 1. The number of hydrogen-bond acceptors (Lipinski definition) is 3. The minimum atomic E-state index is -0.873. The van der Waals surface area contributed by atoms with Crippen molar-refractivity contribution in [1.29, 1.82) is 0 Å². The minimum absolute atomic E-state index is 0.00401. The molecule has 18 heavy (non-hydrogen) atoms.